The summed E-state index contributed by atoms with van der Waals surface area (Å²) in [5.41, 5.74) is 2.25. The number of halogens is 2. The fourth-order valence-electron chi connectivity index (χ4n) is 4.15. The van der Waals surface area contributed by atoms with Crippen LogP contribution in [-0.4, -0.2) is 50.3 Å². The summed E-state index contributed by atoms with van der Waals surface area (Å²) in [6.45, 7) is 6.86. The largest absolute Gasteiger partial charge is 0.489 e. The molecule has 0 radical (unpaired) electrons. The average molecular weight is 462 g/mol. The third-order valence-electron chi connectivity index (χ3n) is 5.74. The zero-order valence-corrected chi connectivity index (χ0v) is 18.3. The molecule has 4 rings (SSSR count). The topological polar surface area (TPSA) is 27.7 Å². The van der Waals surface area contributed by atoms with Gasteiger partial charge in [0.15, 0.2) is 0 Å². The Labute approximate surface area is 181 Å². The minimum Gasteiger partial charge on any atom is -0.489 e. The van der Waals surface area contributed by atoms with Crippen LogP contribution in [0.15, 0.2) is 46.9 Å². The highest BCUT2D eigenvalue weighted by molar-refractivity contribution is 9.10. The van der Waals surface area contributed by atoms with E-state index in [-0.39, 0.29) is 5.82 Å². The zero-order valence-electron chi connectivity index (χ0n) is 16.7. The minimum atomic E-state index is -0.167. The standard InChI is InChI=1S/C23H29BrFN3O/c24-22-6-5-18(15-23(22)29-21-7-9-26-10-8-21)17-27-11-2-12-28(14-13-27)20-4-1-3-19(25)16-20/h1,3-6,15-16,21,26H,2,7-14,17H2. The first-order valence-corrected chi connectivity index (χ1v) is 11.4. The van der Waals surface area contributed by atoms with Gasteiger partial charge in [-0.1, -0.05) is 12.1 Å². The molecular formula is C23H29BrFN3O. The Morgan fingerprint density at radius 3 is 2.72 bits per heavy atom. The highest BCUT2D eigenvalue weighted by Crippen LogP contribution is 2.29. The Balaban J connectivity index is 1.37. The maximum atomic E-state index is 13.6. The Morgan fingerprint density at radius 1 is 1.03 bits per heavy atom. The smallest absolute Gasteiger partial charge is 0.134 e. The van der Waals surface area contributed by atoms with E-state index in [1.165, 1.54) is 11.6 Å². The van der Waals surface area contributed by atoms with Crippen LogP contribution in [0, 0.1) is 5.82 Å². The van der Waals surface area contributed by atoms with Gasteiger partial charge in [-0.15, -0.1) is 0 Å². The predicted molar refractivity (Wildman–Crippen MR) is 119 cm³/mol. The van der Waals surface area contributed by atoms with Crippen LogP contribution in [0.3, 0.4) is 0 Å². The highest BCUT2D eigenvalue weighted by Gasteiger charge is 2.18. The summed E-state index contributed by atoms with van der Waals surface area (Å²) >= 11 is 3.64. The van der Waals surface area contributed by atoms with Crippen molar-refractivity contribution < 1.29 is 9.13 Å². The molecule has 156 valence electrons. The quantitative estimate of drug-likeness (QED) is 0.712. The van der Waals surface area contributed by atoms with E-state index in [1.54, 1.807) is 12.1 Å². The molecular weight excluding hydrogens is 433 g/mol. The van der Waals surface area contributed by atoms with Crippen LogP contribution in [-0.2, 0) is 6.54 Å². The lowest BCUT2D eigenvalue weighted by atomic mass is 10.1. The molecule has 2 fully saturated rings. The van der Waals surface area contributed by atoms with E-state index in [2.05, 4.69) is 49.2 Å². The second kappa shape index (κ2) is 9.92. The molecule has 0 bridgehead atoms. The van der Waals surface area contributed by atoms with Crippen molar-refractivity contribution in [1.29, 1.82) is 0 Å². The molecule has 0 unspecified atom stereocenters. The fraction of sp³-hybridized carbons (Fsp3) is 0.478. The van der Waals surface area contributed by atoms with Crippen molar-refractivity contribution in [2.24, 2.45) is 0 Å². The molecule has 0 saturated carbocycles. The number of nitrogens with one attached hydrogen (secondary N) is 1. The zero-order chi connectivity index (χ0) is 20.1. The summed E-state index contributed by atoms with van der Waals surface area (Å²) in [4.78, 5) is 4.77. The van der Waals surface area contributed by atoms with Crippen LogP contribution in [0.5, 0.6) is 5.75 Å². The first-order valence-electron chi connectivity index (χ1n) is 10.6. The monoisotopic (exact) mass is 461 g/mol. The van der Waals surface area contributed by atoms with E-state index < -0.39 is 0 Å². The van der Waals surface area contributed by atoms with Crippen LogP contribution in [0.1, 0.15) is 24.8 Å². The maximum absolute atomic E-state index is 13.6. The van der Waals surface area contributed by atoms with Gasteiger partial charge in [-0.3, -0.25) is 4.90 Å². The molecule has 1 N–H and O–H groups in total. The molecule has 4 nitrogen and oxygen atoms in total. The molecule has 0 atom stereocenters. The Kier molecular flexibility index (Phi) is 7.06. The first-order chi connectivity index (χ1) is 14.2. The van der Waals surface area contributed by atoms with E-state index in [9.17, 15) is 4.39 Å². The lowest BCUT2D eigenvalue weighted by molar-refractivity contribution is 0.161. The van der Waals surface area contributed by atoms with Gasteiger partial charge in [-0.25, -0.2) is 4.39 Å². The molecule has 2 saturated heterocycles. The van der Waals surface area contributed by atoms with Crippen molar-refractivity contribution in [3.63, 3.8) is 0 Å². The summed E-state index contributed by atoms with van der Waals surface area (Å²) in [6.07, 6.45) is 3.48. The summed E-state index contributed by atoms with van der Waals surface area (Å²) in [6, 6.07) is 13.4. The van der Waals surface area contributed by atoms with E-state index in [4.69, 9.17) is 4.74 Å². The summed E-state index contributed by atoms with van der Waals surface area (Å²) in [5.74, 6) is 0.783. The number of nitrogens with zero attached hydrogens (tertiary/aromatic N) is 2. The van der Waals surface area contributed by atoms with Gasteiger partial charge in [0.25, 0.3) is 0 Å². The van der Waals surface area contributed by atoms with Crippen LogP contribution < -0.4 is 15.0 Å². The normalized spacial score (nSPS) is 19.2. The van der Waals surface area contributed by atoms with Crippen LogP contribution in [0.2, 0.25) is 0 Å². The maximum Gasteiger partial charge on any atom is 0.134 e. The number of rotatable bonds is 5. The summed E-state index contributed by atoms with van der Waals surface area (Å²) in [5, 5.41) is 3.38. The molecule has 6 heteroatoms. The van der Waals surface area contributed by atoms with E-state index >= 15 is 0 Å². The molecule has 2 aliphatic rings. The number of hydrogen-bond acceptors (Lipinski definition) is 4. The molecule has 0 amide bonds. The lowest BCUT2D eigenvalue weighted by Crippen LogP contribution is -2.34. The van der Waals surface area contributed by atoms with E-state index in [0.717, 1.165) is 81.0 Å². The SMILES string of the molecule is Fc1cccc(N2CCCN(Cc3ccc(Br)c(OC4CCNCC4)c3)CC2)c1. The van der Waals surface area contributed by atoms with Crippen molar-refractivity contribution in [3.8, 4) is 5.75 Å². The number of hydrogen-bond donors (Lipinski definition) is 1. The highest BCUT2D eigenvalue weighted by atomic mass is 79.9. The van der Waals surface area contributed by atoms with Gasteiger partial charge in [0.05, 0.1) is 4.47 Å². The third-order valence-corrected chi connectivity index (χ3v) is 6.40. The molecule has 0 aliphatic carbocycles. The Morgan fingerprint density at radius 2 is 1.90 bits per heavy atom. The number of benzene rings is 2. The molecule has 2 heterocycles. The fourth-order valence-corrected chi connectivity index (χ4v) is 4.49. The van der Waals surface area contributed by atoms with Gasteiger partial charge in [0.2, 0.25) is 0 Å². The van der Waals surface area contributed by atoms with Gasteiger partial charge in [-0.2, -0.15) is 0 Å². The van der Waals surface area contributed by atoms with Crippen molar-refractivity contribution >= 4 is 21.6 Å². The first kappa shape index (κ1) is 20.6. The Bertz CT molecular complexity index is 812. The van der Waals surface area contributed by atoms with Crippen LogP contribution in [0.4, 0.5) is 10.1 Å². The van der Waals surface area contributed by atoms with E-state index in [0.29, 0.717) is 6.10 Å². The molecule has 0 spiro atoms. The Hall–Kier alpha value is -1.63. The van der Waals surface area contributed by atoms with E-state index in [1.807, 2.05) is 6.07 Å². The van der Waals surface area contributed by atoms with Crippen molar-refractivity contribution in [2.75, 3.05) is 44.2 Å². The molecule has 2 aromatic rings. The van der Waals surface area contributed by atoms with Gasteiger partial charge in [0.1, 0.15) is 17.7 Å². The lowest BCUT2D eigenvalue weighted by Gasteiger charge is -2.25. The molecule has 29 heavy (non-hydrogen) atoms. The second-order valence-electron chi connectivity index (χ2n) is 7.93. The number of anilines is 1. The van der Waals surface area contributed by atoms with Gasteiger partial charge >= 0.3 is 0 Å². The van der Waals surface area contributed by atoms with Crippen molar-refractivity contribution in [2.45, 2.75) is 31.9 Å². The van der Waals surface area contributed by atoms with Crippen LogP contribution >= 0.6 is 15.9 Å². The third kappa shape index (κ3) is 5.71. The minimum absolute atomic E-state index is 0.167. The second-order valence-corrected chi connectivity index (χ2v) is 8.78. The van der Waals surface area contributed by atoms with Gasteiger partial charge < -0.3 is 15.0 Å². The van der Waals surface area contributed by atoms with Crippen molar-refractivity contribution in [1.82, 2.24) is 10.2 Å². The van der Waals surface area contributed by atoms with Gasteiger partial charge in [-0.05, 0) is 84.2 Å². The summed E-state index contributed by atoms with van der Waals surface area (Å²) in [7, 11) is 0. The number of ether oxygens (including phenoxy) is 1. The number of piperidine rings is 1. The van der Waals surface area contributed by atoms with Gasteiger partial charge in [0, 0.05) is 38.4 Å². The molecule has 2 aliphatic heterocycles. The summed E-state index contributed by atoms with van der Waals surface area (Å²) < 4.78 is 20.9. The van der Waals surface area contributed by atoms with Crippen molar-refractivity contribution in [3.05, 3.63) is 58.3 Å². The van der Waals surface area contributed by atoms with Crippen LogP contribution in [0.25, 0.3) is 0 Å². The average Bonchev–Trinajstić information content (AvgIpc) is 2.97. The molecule has 2 aromatic carbocycles. The molecule has 0 aromatic heterocycles. The predicted octanol–water partition coefficient (Wildman–Crippen LogP) is 4.43.